The SMILES string of the molecule is CCCC1CCC(CN)C(N2CC3CCCC3C2)C1. The fraction of sp³-hybridized carbons (Fsp3) is 1.00. The van der Waals surface area contributed by atoms with E-state index in [9.17, 15) is 0 Å². The molecule has 5 unspecified atom stereocenters. The first-order valence-electron chi connectivity index (χ1n) is 8.76. The molecule has 3 aliphatic rings. The van der Waals surface area contributed by atoms with Gasteiger partial charge in [0.05, 0.1) is 0 Å². The van der Waals surface area contributed by atoms with E-state index in [-0.39, 0.29) is 0 Å². The van der Waals surface area contributed by atoms with E-state index in [0.29, 0.717) is 0 Å². The molecule has 0 radical (unpaired) electrons. The lowest BCUT2D eigenvalue weighted by Crippen LogP contribution is -2.46. The van der Waals surface area contributed by atoms with Crippen LogP contribution in [-0.4, -0.2) is 30.6 Å². The minimum absolute atomic E-state index is 0.784. The van der Waals surface area contributed by atoms with Gasteiger partial charge in [0.25, 0.3) is 0 Å². The van der Waals surface area contributed by atoms with E-state index in [1.165, 1.54) is 64.5 Å². The standard InChI is InChI=1S/C17H32N2/c1-2-4-13-7-8-14(10-18)17(9-13)19-11-15-5-3-6-16(15)12-19/h13-17H,2-12,18H2,1H3. The van der Waals surface area contributed by atoms with Crippen molar-refractivity contribution in [1.82, 2.24) is 4.90 Å². The zero-order valence-corrected chi connectivity index (χ0v) is 12.7. The highest BCUT2D eigenvalue weighted by atomic mass is 15.2. The van der Waals surface area contributed by atoms with Crippen molar-refractivity contribution in [3.05, 3.63) is 0 Å². The first-order chi connectivity index (χ1) is 9.31. The van der Waals surface area contributed by atoms with Gasteiger partial charge in [-0.15, -0.1) is 0 Å². The molecule has 0 spiro atoms. The Morgan fingerprint density at radius 2 is 1.79 bits per heavy atom. The molecule has 2 heteroatoms. The van der Waals surface area contributed by atoms with Gasteiger partial charge in [0.1, 0.15) is 0 Å². The predicted molar refractivity (Wildman–Crippen MR) is 81.0 cm³/mol. The molecule has 2 nitrogen and oxygen atoms in total. The third-order valence-electron chi connectivity index (χ3n) is 6.29. The van der Waals surface area contributed by atoms with Crippen LogP contribution in [0.4, 0.5) is 0 Å². The summed E-state index contributed by atoms with van der Waals surface area (Å²) in [4.78, 5) is 2.86. The van der Waals surface area contributed by atoms with E-state index in [2.05, 4.69) is 11.8 Å². The lowest BCUT2D eigenvalue weighted by Gasteiger charge is -2.41. The summed E-state index contributed by atoms with van der Waals surface area (Å²) in [7, 11) is 0. The molecule has 1 saturated heterocycles. The normalized spacial score (nSPS) is 43.6. The van der Waals surface area contributed by atoms with Gasteiger partial charge in [-0.05, 0) is 55.9 Å². The summed E-state index contributed by atoms with van der Waals surface area (Å²) >= 11 is 0. The Hall–Kier alpha value is -0.0800. The fourth-order valence-electron chi connectivity index (χ4n) is 5.23. The number of nitrogens with zero attached hydrogens (tertiary/aromatic N) is 1. The molecule has 0 aromatic rings. The molecule has 0 amide bonds. The Balaban J connectivity index is 1.62. The molecule has 1 aliphatic heterocycles. The molecule has 3 rings (SSSR count). The first-order valence-corrected chi connectivity index (χ1v) is 8.76. The number of rotatable bonds is 4. The van der Waals surface area contributed by atoms with E-state index in [0.717, 1.165) is 36.3 Å². The second kappa shape index (κ2) is 6.13. The summed E-state index contributed by atoms with van der Waals surface area (Å²) in [6, 6.07) is 0.820. The van der Waals surface area contributed by atoms with Crippen molar-refractivity contribution in [3.63, 3.8) is 0 Å². The number of likely N-dealkylation sites (tertiary alicyclic amines) is 1. The van der Waals surface area contributed by atoms with Gasteiger partial charge in [-0.3, -0.25) is 4.90 Å². The van der Waals surface area contributed by atoms with Crippen LogP contribution in [0.25, 0.3) is 0 Å². The lowest BCUT2D eigenvalue weighted by atomic mass is 9.76. The maximum atomic E-state index is 6.07. The molecule has 0 bridgehead atoms. The van der Waals surface area contributed by atoms with Gasteiger partial charge in [-0.25, -0.2) is 0 Å². The molecular formula is C17H32N2. The molecular weight excluding hydrogens is 232 g/mol. The Labute approximate surface area is 119 Å². The highest BCUT2D eigenvalue weighted by Gasteiger charge is 2.42. The summed E-state index contributed by atoms with van der Waals surface area (Å²) < 4.78 is 0. The Bertz CT molecular complexity index is 279. The number of fused-ring (bicyclic) bond motifs is 1. The van der Waals surface area contributed by atoms with Crippen molar-refractivity contribution >= 4 is 0 Å². The molecule has 110 valence electrons. The number of nitrogens with two attached hydrogens (primary N) is 1. The quantitative estimate of drug-likeness (QED) is 0.844. The van der Waals surface area contributed by atoms with Crippen molar-refractivity contribution < 1.29 is 0 Å². The van der Waals surface area contributed by atoms with Gasteiger partial charge in [0.2, 0.25) is 0 Å². The molecule has 0 aromatic heterocycles. The minimum atomic E-state index is 0.784. The molecule has 19 heavy (non-hydrogen) atoms. The van der Waals surface area contributed by atoms with Crippen molar-refractivity contribution in [3.8, 4) is 0 Å². The average Bonchev–Trinajstić information content (AvgIpc) is 2.99. The second-order valence-corrected chi connectivity index (χ2v) is 7.44. The van der Waals surface area contributed by atoms with Crippen LogP contribution >= 0.6 is 0 Å². The van der Waals surface area contributed by atoms with Crippen molar-refractivity contribution in [2.75, 3.05) is 19.6 Å². The van der Waals surface area contributed by atoms with E-state index < -0.39 is 0 Å². The topological polar surface area (TPSA) is 29.3 Å². The van der Waals surface area contributed by atoms with Crippen LogP contribution in [-0.2, 0) is 0 Å². The summed E-state index contributed by atoms with van der Waals surface area (Å²) in [5, 5.41) is 0. The predicted octanol–water partition coefficient (Wildman–Crippen LogP) is 3.26. The number of hydrogen-bond acceptors (Lipinski definition) is 2. The Morgan fingerprint density at radius 1 is 1.05 bits per heavy atom. The average molecular weight is 264 g/mol. The third-order valence-corrected chi connectivity index (χ3v) is 6.29. The van der Waals surface area contributed by atoms with Crippen LogP contribution in [0, 0.1) is 23.7 Å². The van der Waals surface area contributed by atoms with E-state index >= 15 is 0 Å². The van der Waals surface area contributed by atoms with Crippen LogP contribution in [0.15, 0.2) is 0 Å². The van der Waals surface area contributed by atoms with Crippen LogP contribution < -0.4 is 5.73 Å². The van der Waals surface area contributed by atoms with Gasteiger partial charge in [-0.1, -0.05) is 32.6 Å². The largest absolute Gasteiger partial charge is 0.330 e. The van der Waals surface area contributed by atoms with Crippen molar-refractivity contribution in [2.45, 2.75) is 64.3 Å². The zero-order chi connectivity index (χ0) is 13.2. The third kappa shape index (κ3) is 2.85. The van der Waals surface area contributed by atoms with Gasteiger partial charge < -0.3 is 5.73 Å². The monoisotopic (exact) mass is 264 g/mol. The van der Waals surface area contributed by atoms with E-state index in [1.54, 1.807) is 0 Å². The van der Waals surface area contributed by atoms with E-state index in [1.807, 2.05) is 0 Å². The van der Waals surface area contributed by atoms with Gasteiger partial charge in [0.15, 0.2) is 0 Å². The Morgan fingerprint density at radius 3 is 2.42 bits per heavy atom. The molecule has 2 N–H and O–H groups in total. The summed E-state index contributed by atoms with van der Waals surface area (Å²) in [5.41, 5.74) is 6.07. The molecule has 2 saturated carbocycles. The van der Waals surface area contributed by atoms with Gasteiger partial charge in [-0.2, -0.15) is 0 Å². The molecule has 0 aromatic carbocycles. The summed E-state index contributed by atoms with van der Waals surface area (Å²) in [6.45, 7) is 6.04. The molecule has 5 atom stereocenters. The molecule has 2 aliphatic carbocycles. The summed E-state index contributed by atoms with van der Waals surface area (Å²) in [6.07, 6.45) is 11.6. The molecule has 1 heterocycles. The lowest BCUT2D eigenvalue weighted by molar-refractivity contribution is 0.0919. The van der Waals surface area contributed by atoms with E-state index in [4.69, 9.17) is 5.73 Å². The van der Waals surface area contributed by atoms with Crippen molar-refractivity contribution in [2.24, 2.45) is 29.4 Å². The zero-order valence-electron chi connectivity index (χ0n) is 12.7. The van der Waals surface area contributed by atoms with Crippen molar-refractivity contribution in [1.29, 1.82) is 0 Å². The second-order valence-electron chi connectivity index (χ2n) is 7.44. The maximum Gasteiger partial charge on any atom is 0.0138 e. The van der Waals surface area contributed by atoms with Crippen LogP contribution in [0.1, 0.15) is 58.3 Å². The van der Waals surface area contributed by atoms with Crippen LogP contribution in [0.2, 0.25) is 0 Å². The minimum Gasteiger partial charge on any atom is -0.330 e. The highest BCUT2D eigenvalue weighted by molar-refractivity contribution is 4.95. The highest BCUT2D eigenvalue weighted by Crippen LogP contribution is 2.42. The smallest absolute Gasteiger partial charge is 0.0138 e. The van der Waals surface area contributed by atoms with Gasteiger partial charge in [0, 0.05) is 19.1 Å². The van der Waals surface area contributed by atoms with Crippen LogP contribution in [0.3, 0.4) is 0 Å². The van der Waals surface area contributed by atoms with Gasteiger partial charge >= 0.3 is 0 Å². The molecule has 3 fully saturated rings. The number of hydrogen-bond donors (Lipinski definition) is 1. The Kier molecular flexibility index (Phi) is 4.48. The first kappa shape index (κ1) is 13.9. The fourth-order valence-corrected chi connectivity index (χ4v) is 5.23. The summed E-state index contributed by atoms with van der Waals surface area (Å²) in [5.74, 6) is 3.83. The van der Waals surface area contributed by atoms with Crippen LogP contribution in [0.5, 0.6) is 0 Å². The maximum absolute atomic E-state index is 6.07.